The summed E-state index contributed by atoms with van der Waals surface area (Å²) in [5.41, 5.74) is 1.63. The molecule has 96 valence electrons. The summed E-state index contributed by atoms with van der Waals surface area (Å²) >= 11 is 1.67. The first-order valence-electron chi connectivity index (χ1n) is 6.09. The minimum atomic E-state index is 0.0430. The summed E-state index contributed by atoms with van der Waals surface area (Å²) in [7, 11) is 1.84. The van der Waals surface area contributed by atoms with Crippen LogP contribution in [0, 0.1) is 0 Å². The Bertz CT molecular complexity index is 700. The van der Waals surface area contributed by atoms with Gasteiger partial charge in [0.25, 0.3) is 5.91 Å². The number of hydrogen-bond donors (Lipinski definition) is 1. The molecule has 0 fully saturated rings. The largest absolute Gasteiger partial charge is 0.361 e. The van der Waals surface area contributed by atoms with Crippen molar-refractivity contribution in [2.45, 2.75) is 6.54 Å². The fourth-order valence-electron chi connectivity index (χ4n) is 2.18. The van der Waals surface area contributed by atoms with Gasteiger partial charge in [-0.25, -0.2) is 0 Å². The minimum Gasteiger partial charge on any atom is -0.361 e. The van der Waals surface area contributed by atoms with Gasteiger partial charge in [-0.05, 0) is 23.6 Å². The van der Waals surface area contributed by atoms with Crippen LogP contribution in [0.2, 0.25) is 0 Å². The molecule has 4 heteroatoms. The molecule has 2 aromatic heterocycles. The zero-order valence-electron chi connectivity index (χ0n) is 10.6. The number of nitrogens with one attached hydrogen (secondary N) is 1. The first-order chi connectivity index (χ1) is 9.25. The van der Waals surface area contributed by atoms with Gasteiger partial charge in [-0.3, -0.25) is 4.79 Å². The molecule has 1 N–H and O–H groups in total. The van der Waals surface area contributed by atoms with Crippen LogP contribution in [0.5, 0.6) is 0 Å². The van der Waals surface area contributed by atoms with Crippen molar-refractivity contribution >= 4 is 28.1 Å². The van der Waals surface area contributed by atoms with Crippen LogP contribution < -0.4 is 0 Å². The SMILES string of the molecule is CN(Cc1cccs1)C(=O)c1cccc2cc[nH]c12. The Morgan fingerprint density at radius 3 is 2.95 bits per heavy atom. The molecule has 0 aliphatic carbocycles. The highest BCUT2D eigenvalue weighted by molar-refractivity contribution is 7.09. The normalized spacial score (nSPS) is 10.8. The molecule has 0 radical (unpaired) electrons. The summed E-state index contributed by atoms with van der Waals surface area (Å²) in [5, 5.41) is 3.09. The number of hydrogen-bond acceptors (Lipinski definition) is 2. The van der Waals surface area contributed by atoms with Crippen molar-refractivity contribution < 1.29 is 4.79 Å². The lowest BCUT2D eigenvalue weighted by atomic mass is 10.1. The maximum atomic E-state index is 12.5. The first kappa shape index (κ1) is 12.0. The second-order valence-corrected chi connectivity index (χ2v) is 5.52. The minimum absolute atomic E-state index is 0.0430. The summed E-state index contributed by atoms with van der Waals surface area (Å²) in [6.45, 7) is 0.646. The van der Waals surface area contributed by atoms with Gasteiger partial charge in [-0.2, -0.15) is 0 Å². The molecule has 0 aliphatic heterocycles. The Morgan fingerprint density at radius 2 is 2.16 bits per heavy atom. The standard InChI is InChI=1S/C15H14N2OS/c1-17(10-12-5-3-9-19-12)15(18)13-6-2-4-11-7-8-16-14(11)13/h2-9,16H,10H2,1H3. The van der Waals surface area contributed by atoms with E-state index in [0.717, 1.165) is 16.5 Å². The predicted octanol–water partition coefficient (Wildman–Crippen LogP) is 3.50. The molecular formula is C15H14N2OS. The van der Waals surface area contributed by atoms with Gasteiger partial charge in [0.2, 0.25) is 0 Å². The number of thiophene rings is 1. The molecule has 3 nitrogen and oxygen atoms in total. The molecule has 0 spiro atoms. The summed E-state index contributed by atoms with van der Waals surface area (Å²) in [6, 6.07) is 11.8. The van der Waals surface area contributed by atoms with Gasteiger partial charge in [0.1, 0.15) is 0 Å². The van der Waals surface area contributed by atoms with E-state index in [-0.39, 0.29) is 5.91 Å². The van der Waals surface area contributed by atoms with Gasteiger partial charge in [0, 0.05) is 23.5 Å². The molecule has 19 heavy (non-hydrogen) atoms. The monoisotopic (exact) mass is 270 g/mol. The average Bonchev–Trinajstić information content (AvgIpc) is 3.07. The molecule has 0 bridgehead atoms. The number of carbonyl (C=O) groups is 1. The third kappa shape index (κ3) is 2.27. The van der Waals surface area contributed by atoms with E-state index >= 15 is 0 Å². The number of H-pyrrole nitrogens is 1. The number of benzene rings is 1. The number of aromatic amines is 1. The molecule has 0 saturated heterocycles. The van der Waals surface area contributed by atoms with E-state index in [1.807, 2.05) is 55.0 Å². The molecule has 1 amide bonds. The topological polar surface area (TPSA) is 36.1 Å². The van der Waals surface area contributed by atoms with Crippen molar-refractivity contribution in [1.29, 1.82) is 0 Å². The number of fused-ring (bicyclic) bond motifs is 1. The molecule has 3 rings (SSSR count). The third-order valence-electron chi connectivity index (χ3n) is 3.14. The molecule has 0 saturated carbocycles. The number of carbonyl (C=O) groups excluding carboxylic acids is 1. The zero-order valence-corrected chi connectivity index (χ0v) is 11.4. The van der Waals surface area contributed by atoms with E-state index in [1.165, 1.54) is 4.88 Å². The summed E-state index contributed by atoms with van der Waals surface area (Å²) < 4.78 is 0. The van der Waals surface area contributed by atoms with E-state index in [2.05, 4.69) is 4.98 Å². The van der Waals surface area contributed by atoms with Gasteiger partial charge < -0.3 is 9.88 Å². The molecule has 3 aromatic rings. The third-order valence-corrected chi connectivity index (χ3v) is 4.00. The molecule has 0 unspecified atom stereocenters. The number of amides is 1. The first-order valence-corrected chi connectivity index (χ1v) is 6.97. The van der Waals surface area contributed by atoms with Crippen LogP contribution in [0.15, 0.2) is 48.0 Å². The van der Waals surface area contributed by atoms with E-state index in [0.29, 0.717) is 6.54 Å². The van der Waals surface area contributed by atoms with Crippen molar-refractivity contribution in [3.63, 3.8) is 0 Å². The Kier molecular flexibility index (Phi) is 3.09. The zero-order chi connectivity index (χ0) is 13.2. The van der Waals surface area contributed by atoms with E-state index in [1.54, 1.807) is 16.2 Å². The van der Waals surface area contributed by atoms with Gasteiger partial charge in [-0.15, -0.1) is 11.3 Å². The Balaban J connectivity index is 1.89. The van der Waals surface area contributed by atoms with Gasteiger partial charge in [0.05, 0.1) is 17.6 Å². The fraction of sp³-hybridized carbons (Fsp3) is 0.133. The Labute approximate surface area is 115 Å². The van der Waals surface area contributed by atoms with Gasteiger partial charge in [-0.1, -0.05) is 18.2 Å². The van der Waals surface area contributed by atoms with Crippen LogP contribution in [-0.2, 0) is 6.54 Å². The van der Waals surface area contributed by atoms with Crippen LogP contribution in [0.4, 0.5) is 0 Å². The molecular weight excluding hydrogens is 256 g/mol. The van der Waals surface area contributed by atoms with Crippen molar-refractivity contribution in [3.8, 4) is 0 Å². The average molecular weight is 270 g/mol. The predicted molar refractivity (Wildman–Crippen MR) is 78.4 cm³/mol. The lowest BCUT2D eigenvalue weighted by molar-refractivity contribution is 0.0788. The van der Waals surface area contributed by atoms with Crippen molar-refractivity contribution in [3.05, 3.63) is 58.4 Å². The fourth-order valence-corrected chi connectivity index (χ4v) is 2.93. The summed E-state index contributed by atoms with van der Waals surface area (Å²) in [5.74, 6) is 0.0430. The molecule has 0 aliphatic rings. The number of nitrogens with zero attached hydrogens (tertiary/aromatic N) is 1. The number of para-hydroxylation sites is 1. The molecule has 2 heterocycles. The van der Waals surface area contributed by atoms with Crippen LogP contribution in [0.3, 0.4) is 0 Å². The number of aromatic nitrogens is 1. The highest BCUT2D eigenvalue weighted by Crippen LogP contribution is 2.19. The molecule has 0 atom stereocenters. The highest BCUT2D eigenvalue weighted by atomic mass is 32.1. The second-order valence-electron chi connectivity index (χ2n) is 4.49. The van der Waals surface area contributed by atoms with Crippen molar-refractivity contribution in [2.75, 3.05) is 7.05 Å². The second kappa shape index (κ2) is 4.90. The lowest BCUT2D eigenvalue weighted by Gasteiger charge is -2.16. The van der Waals surface area contributed by atoms with E-state index in [9.17, 15) is 4.79 Å². The maximum absolute atomic E-state index is 12.5. The van der Waals surface area contributed by atoms with E-state index < -0.39 is 0 Å². The van der Waals surface area contributed by atoms with Crippen LogP contribution in [0.25, 0.3) is 10.9 Å². The van der Waals surface area contributed by atoms with Crippen LogP contribution >= 0.6 is 11.3 Å². The lowest BCUT2D eigenvalue weighted by Crippen LogP contribution is -2.26. The smallest absolute Gasteiger partial charge is 0.256 e. The number of rotatable bonds is 3. The highest BCUT2D eigenvalue weighted by Gasteiger charge is 2.15. The Hall–Kier alpha value is -2.07. The van der Waals surface area contributed by atoms with E-state index in [4.69, 9.17) is 0 Å². The van der Waals surface area contributed by atoms with Crippen LogP contribution in [-0.4, -0.2) is 22.8 Å². The van der Waals surface area contributed by atoms with Gasteiger partial charge in [0.15, 0.2) is 0 Å². The Morgan fingerprint density at radius 1 is 1.26 bits per heavy atom. The summed E-state index contributed by atoms with van der Waals surface area (Å²) in [4.78, 5) is 18.6. The summed E-state index contributed by atoms with van der Waals surface area (Å²) in [6.07, 6.45) is 1.86. The van der Waals surface area contributed by atoms with Crippen molar-refractivity contribution in [1.82, 2.24) is 9.88 Å². The van der Waals surface area contributed by atoms with Crippen molar-refractivity contribution in [2.24, 2.45) is 0 Å². The quantitative estimate of drug-likeness (QED) is 0.777. The van der Waals surface area contributed by atoms with Gasteiger partial charge >= 0.3 is 0 Å². The van der Waals surface area contributed by atoms with Crippen LogP contribution in [0.1, 0.15) is 15.2 Å². The molecule has 1 aromatic carbocycles. The maximum Gasteiger partial charge on any atom is 0.256 e.